The van der Waals surface area contributed by atoms with Crippen LogP contribution in [-0.2, 0) is 11.4 Å². The standard InChI is InChI=1S/C18H14N2O6S/c1-25-15-8-12(9-16-17(21)19-18(22)27-16)4-7-14(15)26-10-11-2-5-13(6-3-11)20(23)24/h2-9H,10H2,1H3,(H,19,21,22)/b16-9-. The molecular formula is C18H14N2O6S. The lowest BCUT2D eigenvalue weighted by atomic mass is 10.2. The van der Waals surface area contributed by atoms with E-state index in [1.807, 2.05) is 0 Å². The second-order valence-corrected chi connectivity index (χ2v) is 6.49. The van der Waals surface area contributed by atoms with Gasteiger partial charge < -0.3 is 9.47 Å². The number of hydrogen-bond acceptors (Lipinski definition) is 7. The number of imide groups is 1. The number of methoxy groups -OCH3 is 1. The van der Waals surface area contributed by atoms with Crippen molar-refractivity contribution in [3.63, 3.8) is 0 Å². The van der Waals surface area contributed by atoms with E-state index in [9.17, 15) is 19.7 Å². The fourth-order valence-electron chi connectivity index (χ4n) is 2.34. The molecule has 1 saturated heterocycles. The van der Waals surface area contributed by atoms with Crippen LogP contribution in [-0.4, -0.2) is 23.2 Å². The minimum Gasteiger partial charge on any atom is -0.493 e. The Morgan fingerprint density at radius 3 is 2.48 bits per heavy atom. The van der Waals surface area contributed by atoms with Crippen molar-refractivity contribution in [2.24, 2.45) is 0 Å². The summed E-state index contributed by atoms with van der Waals surface area (Å²) < 4.78 is 11.0. The minimum absolute atomic E-state index is 0.0148. The summed E-state index contributed by atoms with van der Waals surface area (Å²) in [6, 6.07) is 11.2. The second-order valence-electron chi connectivity index (χ2n) is 5.47. The van der Waals surface area contributed by atoms with E-state index >= 15 is 0 Å². The normalized spacial score (nSPS) is 14.9. The van der Waals surface area contributed by atoms with Crippen molar-refractivity contribution in [1.29, 1.82) is 0 Å². The van der Waals surface area contributed by atoms with Gasteiger partial charge in [0.15, 0.2) is 11.5 Å². The Balaban J connectivity index is 1.73. The number of benzene rings is 2. The fraction of sp³-hybridized carbons (Fsp3) is 0.111. The molecule has 2 aromatic rings. The lowest BCUT2D eigenvalue weighted by Gasteiger charge is -2.11. The van der Waals surface area contributed by atoms with Gasteiger partial charge in [0.1, 0.15) is 6.61 Å². The molecular weight excluding hydrogens is 372 g/mol. The maximum atomic E-state index is 11.6. The molecule has 1 aliphatic heterocycles. The molecule has 1 N–H and O–H groups in total. The highest BCUT2D eigenvalue weighted by molar-refractivity contribution is 8.18. The Morgan fingerprint density at radius 1 is 1.15 bits per heavy atom. The number of non-ortho nitro benzene ring substituents is 1. The zero-order valence-electron chi connectivity index (χ0n) is 14.1. The molecule has 0 aromatic heterocycles. The number of nitro groups is 1. The van der Waals surface area contributed by atoms with Crippen LogP contribution in [0, 0.1) is 10.1 Å². The van der Waals surface area contributed by atoms with E-state index in [0.29, 0.717) is 22.0 Å². The number of carbonyl (C=O) groups excluding carboxylic acids is 2. The Bertz CT molecular complexity index is 939. The first-order valence-electron chi connectivity index (χ1n) is 7.75. The first kappa shape index (κ1) is 18.5. The van der Waals surface area contributed by atoms with Crippen molar-refractivity contribution in [1.82, 2.24) is 5.32 Å². The predicted molar refractivity (Wildman–Crippen MR) is 99.5 cm³/mol. The quantitative estimate of drug-likeness (QED) is 0.460. The highest BCUT2D eigenvalue weighted by Gasteiger charge is 2.25. The molecule has 2 aromatic carbocycles. The van der Waals surface area contributed by atoms with Gasteiger partial charge in [-0.25, -0.2) is 0 Å². The molecule has 0 aliphatic carbocycles. The van der Waals surface area contributed by atoms with Crippen LogP contribution in [0.4, 0.5) is 10.5 Å². The number of amides is 2. The fourth-order valence-corrected chi connectivity index (χ4v) is 3.02. The van der Waals surface area contributed by atoms with Gasteiger partial charge in [-0.2, -0.15) is 0 Å². The molecule has 0 bridgehead atoms. The second kappa shape index (κ2) is 7.92. The number of nitrogens with one attached hydrogen (secondary N) is 1. The number of rotatable bonds is 6. The predicted octanol–water partition coefficient (Wildman–Crippen LogP) is 3.51. The molecule has 2 amide bonds. The average Bonchev–Trinajstić information content (AvgIpc) is 2.97. The minimum atomic E-state index is -0.461. The zero-order valence-corrected chi connectivity index (χ0v) is 14.9. The first-order chi connectivity index (χ1) is 13.0. The van der Waals surface area contributed by atoms with Crippen molar-refractivity contribution in [2.45, 2.75) is 6.61 Å². The summed E-state index contributed by atoms with van der Waals surface area (Å²) in [7, 11) is 1.49. The van der Waals surface area contributed by atoms with Gasteiger partial charge >= 0.3 is 0 Å². The summed E-state index contributed by atoms with van der Waals surface area (Å²) in [5, 5.41) is 12.5. The Hall–Kier alpha value is -3.33. The van der Waals surface area contributed by atoms with Crippen LogP contribution in [0.5, 0.6) is 11.5 Å². The SMILES string of the molecule is COc1cc(/C=C2\SC(=O)NC2=O)ccc1OCc1ccc([N+](=O)[O-])cc1. The van der Waals surface area contributed by atoms with Gasteiger partial charge in [0, 0.05) is 12.1 Å². The molecule has 0 atom stereocenters. The highest BCUT2D eigenvalue weighted by Crippen LogP contribution is 2.32. The number of thioether (sulfide) groups is 1. The van der Waals surface area contributed by atoms with E-state index in [-0.39, 0.29) is 12.3 Å². The Labute approximate surface area is 158 Å². The molecule has 0 spiro atoms. The van der Waals surface area contributed by atoms with Gasteiger partial charge in [-0.3, -0.25) is 25.0 Å². The van der Waals surface area contributed by atoms with E-state index in [4.69, 9.17) is 9.47 Å². The van der Waals surface area contributed by atoms with Crippen molar-refractivity contribution in [2.75, 3.05) is 7.11 Å². The van der Waals surface area contributed by atoms with Crippen molar-refractivity contribution < 1.29 is 24.0 Å². The monoisotopic (exact) mass is 386 g/mol. The first-order valence-corrected chi connectivity index (χ1v) is 8.57. The number of hydrogen-bond donors (Lipinski definition) is 1. The molecule has 8 nitrogen and oxygen atoms in total. The smallest absolute Gasteiger partial charge is 0.290 e. The molecule has 1 aliphatic rings. The van der Waals surface area contributed by atoms with Gasteiger partial charge in [0.2, 0.25) is 0 Å². The molecule has 0 unspecified atom stereocenters. The number of nitro benzene ring substituents is 1. The zero-order chi connectivity index (χ0) is 19.4. The number of ether oxygens (including phenoxy) is 2. The Kier molecular flexibility index (Phi) is 5.41. The Morgan fingerprint density at radius 2 is 1.89 bits per heavy atom. The van der Waals surface area contributed by atoms with Gasteiger partial charge in [0.25, 0.3) is 16.8 Å². The topological polar surface area (TPSA) is 108 Å². The van der Waals surface area contributed by atoms with E-state index in [1.54, 1.807) is 36.4 Å². The van der Waals surface area contributed by atoms with Crippen LogP contribution < -0.4 is 14.8 Å². The highest BCUT2D eigenvalue weighted by atomic mass is 32.2. The molecule has 3 rings (SSSR count). The third-order valence-electron chi connectivity index (χ3n) is 3.67. The van der Waals surface area contributed by atoms with Crippen molar-refractivity contribution >= 4 is 34.7 Å². The van der Waals surface area contributed by atoms with Gasteiger partial charge in [0.05, 0.1) is 16.9 Å². The van der Waals surface area contributed by atoms with E-state index in [0.717, 1.165) is 17.3 Å². The largest absolute Gasteiger partial charge is 0.493 e. The summed E-state index contributed by atoms with van der Waals surface area (Å²) in [5.41, 5.74) is 1.47. The van der Waals surface area contributed by atoms with Crippen LogP contribution in [0.3, 0.4) is 0 Å². The van der Waals surface area contributed by atoms with E-state index in [1.165, 1.54) is 19.2 Å². The molecule has 138 valence electrons. The van der Waals surface area contributed by atoms with Crippen LogP contribution in [0.15, 0.2) is 47.4 Å². The van der Waals surface area contributed by atoms with E-state index in [2.05, 4.69) is 5.32 Å². The molecule has 9 heteroatoms. The molecule has 1 heterocycles. The number of carbonyl (C=O) groups is 2. The third kappa shape index (κ3) is 4.45. The molecule has 27 heavy (non-hydrogen) atoms. The summed E-state index contributed by atoms with van der Waals surface area (Å²) in [6.45, 7) is 0.210. The van der Waals surface area contributed by atoms with Crippen molar-refractivity contribution in [3.05, 3.63) is 68.6 Å². The van der Waals surface area contributed by atoms with Gasteiger partial charge in [-0.15, -0.1) is 0 Å². The van der Waals surface area contributed by atoms with Gasteiger partial charge in [-0.1, -0.05) is 6.07 Å². The lowest BCUT2D eigenvalue weighted by molar-refractivity contribution is -0.384. The third-order valence-corrected chi connectivity index (χ3v) is 4.48. The van der Waals surface area contributed by atoms with Crippen LogP contribution in [0.2, 0.25) is 0 Å². The van der Waals surface area contributed by atoms with Crippen molar-refractivity contribution in [3.8, 4) is 11.5 Å². The molecule has 0 radical (unpaired) electrons. The summed E-state index contributed by atoms with van der Waals surface area (Å²) in [5.74, 6) is 0.515. The van der Waals surface area contributed by atoms with Gasteiger partial charge in [-0.05, 0) is 53.2 Å². The lowest BCUT2D eigenvalue weighted by Crippen LogP contribution is -2.17. The van der Waals surface area contributed by atoms with Crippen LogP contribution >= 0.6 is 11.8 Å². The molecule has 0 saturated carbocycles. The molecule has 1 fully saturated rings. The van der Waals surface area contributed by atoms with Crippen LogP contribution in [0.25, 0.3) is 6.08 Å². The maximum absolute atomic E-state index is 11.6. The summed E-state index contributed by atoms with van der Waals surface area (Å²) in [4.78, 5) is 33.4. The summed E-state index contributed by atoms with van der Waals surface area (Å²) in [6.07, 6.45) is 1.59. The summed E-state index contributed by atoms with van der Waals surface area (Å²) >= 11 is 0.838. The maximum Gasteiger partial charge on any atom is 0.290 e. The van der Waals surface area contributed by atoms with Crippen LogP contribution in [0.1, 0.15) is 11.1 Å². The van der Waals surface area contributed by atoms with E-state index < -0.39 is 16.1 Å². The number of nitrogens with zero attached hydrogens (tertiary/aromatic N) is 1. The average molecular weight is 386 g/mol.